The number of hydrogen-bond donors (Lipinski definition) is 7. The van der Waals surface area contributed by atoms with Gasteiger partial charge in [-0.3, -0.25) is 24.2 Å². The van der Waals surface area contributed by atoms with Crippen LogP contribution in [0.1, 0.15) is 215 Å². The highest BCUT2D eigenvalue weighted by molar-refractivity contribution is 9.09. The van der Waals surface area contributed by atoms with Gasteiger partial charge in [0, 0.05) is 96.3 Å². The minimum absolute atomic E-state index is 0.139. The average molecular weight is 1670 g/mol. The van der Waals surface area contributed by atoms with Crippen molar-refractivity contribution in [3.8, 4) is 0 Å². The summed E-state index contributed by atoms with van der Waals surface area (Å²) < 4.78 is 73.5. The number of carbonyl (C=O) groups excluding carboxylic acids is 3. The molecule has 0 radical (unpaired) electrons. The van der Waals surface area contributed by atoms with Gasteiger partial charge < -0.3 is 20.6 Å². The van der Waals surface area contributed by atoms with Crippen molar-refractivity contribution >= 4 is 101 Å². The van der Waals surface area contributed by atoms with E-state index in [0.717, 1.165) is 136 Å². The Hall–Kier alpha value is 0.0300. The Balaban J connectivity index is 0.000000168. The van der Waals surface area contributed by atoms with Gasteiger partial charge in [-0.2, -0.15) is 50.8 Å². The molecule has 0 bridgehead atoms. The zero-order valence-corrected chi connectivity index (χ0v) is 74.0. The predicted molar refractivity (Wildman–Crippen MR) is 442 cm³/mol. The molecule has 3 saturated heterocycles. The second-order valence-electron chi connectivity index (χ2n) is 37.9. The smallest absolute Gasteiger partial charge is 0.211 e. The van der Waals surface area contributed by atoms with Crippen LogP contribution in [0.3, 0.4) is 0 Å². The summed E-state index contributed by atoms with van der Waals surface area (Å²) >= 11 is 14.0. The van der Waals surface area contributed by atoms with Crippen LogP contribution in [0.25, 0.3) is 0 Å². The van der Waals surface area contributed by atoms with Gasteiger partial charge in [0.15, 0.2) is 0 Å². The number of piperazine rings is 3. The van der Waals surface area contributed by atoms with Crippen molar-refractivity contribution in [1.29, 1.82) is 0 Å². The maximum absolute atomic E-state index is 13.5. The summed E-state index contributed by atoms with van der Waals surface area (Å²) in [5.74, 6) is 13.4. The second-order valence-corrected chi connectivity index (χ2v) is 44.4. The van der Waals surface area contributed by atoms with E-state index in [2.05, 4.69) is 89.7 Å². The van der Waals surface area contributed by atoms with Gasteiger partial charge in [-0.1, -0.05) is 36.7 Å². The predicted octanol–water partition coefficient (Wildman–Crippen LogP) is 11.8. The number of alkyl halides is 1. The third-order valence-corrected chi connectivity index (χ3v) is 36.4. The molecule has 0 unspecified atom stereocenters. The largest absolute Gasteiger partial charge is 0.390 e. The van der Waals surface area contributed by atoms with Crippen LogP contribution in [0, 0.1) is 123 Å². The Morgan fingerprint density at radius 1 is 0.358 bits per heavy atom. The van der Waals surface area contributed by atoms with E-state index in [-0.39, 0.29) is 28.1 Å². The highest BCUT2D eigenvalue weighted by Gasteiger charge is 2.62. The number of Topliss-reactive ketones (excluding diaryl/α,β-unsaturated/α-hetero) is 3. The van der Waals surface area contributed by atoms with Crippen LogP contribution in [0.2, 0.25) is 0 Å². The monoisotopic (exact) mass is 1660 g/mol. The summed E-state index contributed by atoms with van der Waals surface area (Å²) in [4.78, 5) is 43.8. The maximum atomic E-state index is 13.5. The lowest BCUT2D eigenvalue weighted by Crippen LogP contribution is -2.52. The van der Waals surface area contributed by atoms with Gasteiger partial charge >= 0.3 is 0 Å². The number of halogens is 1. The first kappa shape index (κ1) is 90.0. The molecule has 3 aliphatic heterocycles. The lowest BCUT2D eigenvalue weighted by Gasteiger charge is -2.57. The highest BCUT2D eigenvalue weighted by atomic mass is 79.9. The highest BCUT2D eigenvalue weighted by Crippen LogP contribution is 2.68. The molecule has 0 aromatic rings. The lowest BCUT2D eigenvalue weighted by molar-refractivity contribution is -0.134. The molecule has 15 fully saturated rings. The Morgan fingerprint density at radius 2 is 0.623 bits per heavy atom. The number of fused-ring (bicyclic) bond motifs is 15. The van der Waals surface area contributed by atoms with Gasteiger partial charge in [-0.25, -0.2) is 25.3 Å². The van der Waals surface area contributed by atoms with E-state index >= 15 is 0 Å². The fourth-order valence-electron chi connectivity index (χ4n) is 27.0. The first-order valence-electron chi connectivity index (χ1n) is 41.6. The quantitative estimate of drug-likeness (QED) is 0.0752. The van der Waals surface area contributed by atoms with Crippen LogP contribution < -0.4 is 5.32 Å². The number of nitrogens with zero attached hydrogens (tertiary/aromatic N) is 5. The van der Waals surface area contributed by atoms with Crippen LogP contribution in [-0.4, -0.2) is 232 Å². The van der Waals surface area contributed by atoms with Crippen LogP contribution in [0.15, 0.2) is 0 Å². The van der Waals surface area contributed by atoms with Crippen molar-refractivity contribution in [2.24, 2.45) is 123 Å². The van der Waals surface area contributed by atoms with E-state index in [1.807, 2.05) is 20.8 Å². The third kappa shape index (κ3) is 20.3. The van der Waals surface area contributed by atoms with E-state index in [0.29, 0.717) is 131 Å². The summed E-state index contributed by atoms with van der Waals surface area (Å²) in [6.07, 6.45) is 40.4. The SMILES string of the molecule is CS.CS.CS.CS(=O)(=O)N1CCNCC1.C[C@@]1(O)CC[C@H]2[C@H](CC[C@@H]3[C@@H]2CC[C@]2(C)[C@@H](C(=O)CBr)CC[C@@H]32)C1.C[C@@]1(O)CC[C@H]2[C@H](CC[C@@H]3[C@@H]2CC[C@]2(C)[C@@H](C(=O)CN4CCN(S(C)(=O)=O)CC4)CC[C@@H]32)C1.C[C@@]1(O)CC[C@H]2[C@H](CC[C@@H]3[C@@H]2CC[C@]2(C)[C@H](C(=O)CN4CCN(S(C)(=O)=O)CC4)CC[C@@H]32)C1. The van der Waals surface area contributed by atoms with Crippen LogP contribution in [0.5, 0.6) is 0 Å². The van der Waals surface area contributed by atoms with E-state index in [9.17, 15) is 55.0 Å². The van der Waals surface area contributed by atoms with Crippen molar-refractivity contribution < 1.29 is 55.0 Å². The maximum Gasteiger partial charge on any atom is 0.211 e. The van der Waals surface area contributed by atoms with Gasteiger partial charge in [0.1, 0.15) is 17.3 Å². The van der Waals surface area contributed by atoms with Gasteiger partial charge in [0.2, 0.25) is 30.1 Å². The molecule has 15 aliphatic rings. The van der Waals surface area contributed by atoms with E-state index in [1.165, 1.54) is 147 Å². The molecule has 24 atom stereocenters. The molecule has 15 rings (SSSR count). The number of nitrogens with one attached hydrogen (secondary N) is 1. The van der Waals surface area contributed by atoms with Gasteiger partial charge in [-0.05, 0) is 318 Å². The molecule has 25 heteroatoms. The molecular formula is C81H145BrN6O12S6. The number of ketones is 3. The standard InChI is InChI=1S/2C26H44N2O4S.C21H33BrO2.C5H12N2O2S.3CH4S/c2*1-25(30)10-8-19-18(16-25)4-5-21-20(19)9-11-26(2)22(21)6-7-23(26)24(29)17-27-12-14-28(15-13-27)33(3,31)32;1-20(24)9-7-14-13(11-20)3-4-16-15(14)8-10-21(2)17(16)5-6-18(21)19(23)12-22;1-10(8,9)7-4-2-6-3-5-7;3*1-2/h2*18-23,30H,4-17H2,1-3H3;13-18,24H,3-12H2,1-2H3;6H,2-5H2,1H3;3*2H,1H3/t18-,19+,20-,21-,22+,23+,25-,26+;18-,19+,20-,21-,22+,23-,25-,26+;13-,14+,15-,16-,17+,18-,20-,21+;;;;/m111..../s1. The van der Waals surface area contributed by atoms with Crippen molar-refractivity contribution in [2.75, 3.05) is 134 Å². The van der Waals surface area contributed by atoms with Gasteiger partial charge in [0.05, 0.1) is 54.0 Å². The van der Waals surface area contributed by atoms with Crippen molar-refractivity contribution in [3.63, 3.8) is 0 Å². The third-order valence-electron chi connectivity index (χ3n) is 31.9. The zero-order chi connectivity index (χ0) is 77.9. The zero-order valence-electron chi connectivity index (χ0n) is 67.3. The molecule has 0 amide bonds. The van der Waals surface area contributed by atoms with Crippen LogP contribution in [-0.2, 0) is 44.5 Å². The summed E-state index contributed by atoms with van der Waals surface area (Å²) in [6, 6.07) is 0. The van der Waals surface area contributed by atoms with Gasteiger partial charge in [0.25, 0.3) is 0 Å². The Kier molecular flexibility index (Phi) is 31.5. The van der Waals surface area contributed by atoms with Crippen molar-refractivity contribution in [3.05, 3.63) is 0 Å². The van der Waals surface area contributed by atoms with E-state index in [1.54, 1.807) is 18.8 Å². The molecule has 12 saturated carbocycles. The molecule has 0 spiro atoms. The summed E-state index contributed by atoms with van der Waals surface area (Å²) in [5, 5.41) is 35.3. The van der Waals surface area contributed by atoms with Crippen molar-refractivity contribution in [1.82, 2.24) is 28.0 Å². The number of rotatable bonds is 11. The molecule has 3 heterocycles. The van der Waals surface area contributed by atoms with Gasteiger partial charge in [-0.15, -0.1) is 0 Å². The van der Waals surface area contributed by atoms with Crippen LogP contribution >= 0.6 is 53.8 Å². The minimum atomic E-state index is -3.14. The number of thiol groups is 3. The second kappa shape index (κ2) is 37.1. The Bertz CT molecular complexity index is 3120. The molecule has 18 nitrogen and oxygen atoms in total. The fourth-order valence-corrected chi connectivity index (χ4v) is 29.9. The van der Waals surface area contributed by atoms with Crippen molar-refractivity contribution in [2.45, 2.75) is 232 Å². The Labute approximate surface area is 668 Å². The normalized spacial score (nSPS) is 43.7. The molecule has 106 heavy (non-hydrogen) atoms. The van der Waals surface area contributed by atoms with E-state index < -0.39 is 46.9 Å². The molecule has 12 aliphatic carbocycles. The topological polar surface area (TPSA) is 243 Å². The minimum Gasteiger partial charge on any atom is -0.390 e. The lowest BCUT2D eigenvalue weighted by atomic mass is 9.49. The fraction of sp³-hybridized carbons (Fsp3) is 0.963. The molecule has 0 aromatic carbocycles. The summed E-state index contributed by atoms with van der Waals surface area (Å²) in [7, 11) is -9.21. The number of carbonyl (C=O) groups is 3. The van der Waals surface area contributed by atoms with Crippen LogP contribution in [0.4, 0.5) is 0 Å². The Morgan fingerprint density at radius 3 is 0.887 bits per heavy atom. The molecular weight excluding hydrogens is 1520 g/mol. The first-order valence-corrected chi connectivity index (χ1v) is 50.9. The molecule has 4 N–H and O–H groups in total. The number of aliphatic hydroxyl groups is 3. The molecule has 614 valence electrons. The summed E-state index contributed by atoms with van der Waals surface area (Å²) in [6.45, 7) is 21.7. The first-order chi connectivity index (χ1) is 49.9. The average Bonchev–Trinajstić information content (AvgIpc) is 1.47. The number of sulfonamides is 3. The summed E-state index contributed by atoms with van der Waals surface area (Å²) in [5.41, 5.74) is -0.805. The van der Waals surface area contributed by atoms with E-state index in [4.69, 9.17) is 0 Å². The molecule has 0 aromatic heterocycles. The number of hydrogen-bond acceptors (Lipinski definition) is 18.